The van der Waals surface area contributed by atoms with Crippen LogP contribution in [-0.2, 0) is 5.33 Å². The van der Waals surface area contributed by atoms with Gasteiger partial charge in [0.15, 0.2) is 5.78 Å². The first-order chi connectivity index (χ1) is 8.20. The molecule has 3 heteroatoms. The molecule has 2 aromatic carbocycles. The maximum Gasteiger partial charge on any atom is 0.194 e. The van der Waals surface area contributed by atoms with Gasteiger partial charge in [-0.15, -0.1) is 0 Å². The van der Waals surface area contributed by atoms with E-state index in [1.807, 2.05) is 30.3 Å². The van der Waals surface area contributed by atoms with Crippen LogP contribution in [-0.4, -0.2) is 5.78 Å². The number of carbonyl (C=O) groups excluding carboxylic acids is 1. The summed E-state index contributed by atoms with van der Waals surface area (Å²) < 4.78 is 1.00. The summed E-state index contributed by atoms with van der Waals surface area (Å²) in [5.74, 6) is 0.130. The minimum Gasteiger partial charge on any atom is -0.289 e. The Morgan fingerprint density at radius 1 is 0.882 bits per heavy atom. The van der Waals surface area contributed by atoms with Crippen LogP contribution in [0.1, 0.15) is 21.5 Å². The molecule has 2 aromatic rings. The Balaban J connectivity index is 2.28. The summed E-state index contributed by atoms with van der Waals surface area (Å²) in [6, 6.07) is 11.9. The molecule has 0 fully saturated rings. The molecule has 0 saturated heterocycles. The Bertz CT molecular complexity index is 632. The molecule has 84 valence electrons. The number of hydrogen-bond donors (Lipinski definition) is 0. The van der Waals surface area contributed by atoms with Crippen molar-refractivity contribution in [1.29, 1.82) is 0 Å². The van der Waals surface area contributed by atoms with E-state index < -0.39 is 0 Å². The standard InChI is InChI=1S/C14H8Br2O/c15-7-8-1-3-10-12-6-9(16)2-4-11(12)14(17)13(10)5-8/h1-6H,7H2. The minimum atomic E-state index is 0.130. The molecule has 0 saturated carbocycles. The van der Waals surface area contributed by atoms with Crippen molar-refractivity contribution in [1.82, 2.24) is 0 Å². The zero-order valence-electron chi connectivity index (χ0n) is 8.84. The maximum absolute atomic E-state index is 12.2. The minimum absolute atomic E-state index is 0.130. The van der Waals surface area contributed by atoms with Crippen molar-refractivity contribution >= 4 is 37.6 Å². The summed E-state index contributed by atoms with van der Waals surface area (Å²) in [5, 5.41) is 0.771. The second-order valence-corrected chi connectivity index (χ2v) is 5.51. The van der Waals surface area contributed by atoms with Gasteiger partial charge in [-0.25, -0.2) is 0 Å². The molecule has 1 aliphatic rings. The van der Waals surface area contributed by atoms with Crippen molar-refractivity contribution < 1.29 is 4.79 Å². The summed E-state index contributed by atoms with van der Waals surface area (Å²) in [7, 11) is 0. The molecule has 0 spiro atoms. The third-order valence-electron chi connectivity index (χ3n) is 3.00. The van der Waals surface area contributed by atoms with Gasteiger partial charge in [0.1, 0.15) is 0 Å². The van der Waals surface area contributed by atoms with Crippen molar-refractivity contribution in [2.45, 2.75) is 5.33 Å². The maximum atomic E-state index is 12.2. The number of halogens is 2. The molecule has 3 rings (SSSR count). The Hall–Kier alpha value is -0.930. The SMILES string of the molecule is O=C1c2cc(CBr)ccc2-c2cc(Br)ccc21. The number of alkyl halides is 1. The van der Waals surface area contributed by atoms with E-state index in [1.54, 1.807) is 0 Å². The number of hydrogen-bond acceptors (Lipinski definition) is 1. The lowest BCUT2D eigenvalue weighted by Crippen LogP contribution is -1.95. The topological polar surface area (TPSA) is 17.1 Å². The fourth-order valence-corrected chi connectivity index (χ4v) is 2.89. The van der Waals surface area contributed by atoms with Gasteiger partial charge in [0, 0.05) is 20.9 Å². The highest BCUT2D eigenvalue weighted by molar-refractivity contribution is 9.10. The average molecular weight is 352 g/mol. The summed E-state index contributed by atoms with van der Waals surface area (Å²) >= 11 is 6.86. The molecule has 0 heterocycles. The molecule has 1 nitrogen and oxygen atoms in total. The van der Waals surface area contributed by atoms with Gasteiger partial charge >= 0.3 is 0 Å². The van der Waals surface area contributed by atoms with Crippen LogP contribution >= 0.6 is 31.9 Å². The average Bonchev–Trinajstić information content (AvgIpc) is 2.62. The van der Waals surface area contributed by atoms with E-state index in [1.165, 1.54) is 0 Å². The first-order valence-electron chi connectivity index (χ1n) is 5.24. The summed E-state index contributed by atoms with van der Waals surface area (Å²) in [6.45, 7) is 0. The van der Waals surface area contributed by atoms with Crippen LogP contribution in [0.4, 0.5) is 0 Å². The highest BCUT2D eigenvalue weighted by atomic mass is 79.9. The second kappa shape index (κ2) is 4.07. The van der Waals surface area contributed by atoms with Gasteiger partial charge < -0.3 is 0 Å². The van der Waals surface area contributed by atoms with Crippen LogP contribution in [0, 0.1) is 0 Å². The van der Waals surface area contributed by atoms with Crippen molar-refractivity contribution in [2.24, 2.45) is 0 Å². The highest BCUT2D eigenvalue weighted by Crippen LogP contribution is 2.38. The van der Waals surface area contributed by atoms with Crippen LogP contribution in [0.15, 0.2) is 40.9 Å². The summed E-state index contributed by atoms with van der Waals surface area (Å²) in [4.78, 5) is 12.2. The zero-order valence-corrected chi connectivity index (χ0v) is 12.0. The van der Waals surface area contributed by atoms with Gasteiger partial charge in [0.2, 0.25) is 0 Å². The predicted molar refractivity (Wildman–Crippen MR) is 75.6 cm³/mol. The zero-order chi connectivity index (χ0) is 12.0. The van der Waals surface area contributed by atoms with E-state index >= 15 is 0 Å². The van der Waals surface area contributed by atoms with Crippen LogP contribution in [0.25, 0.3) is 11.1 Å². The lowest BCUT2D eigenvalue weighted by atomic mass is 10.0. The van der Waals surface area contributed by atoms with Gasteiger partial charge in [-0.3, -0.25) is 4.79 Å². The van der Waals surface area contributed by atoms with Crippen LogP contribution in [0.3, 0.4) is 0 Å². The molecule has 0 N–H and O–H groups in total. The van der Waals surface area contributed by atoms with E-state index in [0.29, 0.717) is 0 Å². The van der Waals surface area contributed by atoms with Gasteiger partial charge in [0.05, 0.1) is 0 Å². The first-order valence-corrected chi connectivity index (χ1v) is 7.15. The highest BCUT2D eigenvalue weighted by Gasteiger charge is 2.26. The van der Waals surface area contributed by atoms with E-state index in [4.69, 9.17) is 0 Å². The first kappa shape index (κ1) is 11.2. The Labute approximate surface area is 116 Å². The fourth-order valence-electron chi connectivity index (χ4n) is 2.18. The van der Waals surface area contributed by atoms with Gasteiger partial charge in [-0.05, 0) is 41.0 Å². The van der Waals surface area contributed by atoms with Crippen LogP contribution in [0.2, 0.25) is 0 Å². The lowest BCUT2D eigenvalue weighted by molar-refractivity contribution is 0.104. The molecule has 0 atom stereocenters. The monoisotopic (exact) mass is 350 g/mol. The van der Waals surface area contributed by atoms with Gasteiger partial charge in [-0.2, -0.15) is 0 Å². The molecular weight excluding hydrogens is 344 g/mol. The van der Waals surface area contributed by atoms with Crippen molar-refractivity contribution in [3.8, 4) is 11.1 Å². The summed E-state index contributed by atoms with van der Waals surface area (Å²) in [5.41, 5.74) is 4.81. The Kier molecular flexibility index (Phi) is 2.68. The third kappa shape index (κ3) is 1.69. The predicted octanol–water partition coefficient (Wildman–Crippen LogP) is 4.56. The largest absolute Gasteiger partial charge is 0.289 e. The number of fused-ring (bicyclic) bond motifs is 3. The van der Waals surface area contributed by atoms with Crippen LogP contribution < -0.4 is 0 Å². The number of carbonyl (C=O) groups is 1. The van der Waals surface area contributed by atoms with E-state index in [2.05, 4.69) is 37.9 Å². The number of benzene rings is 2. The van der Waals surface area contributed by atoms with Crippen LogP contribution in [0.5, 0.6) is 0 Å². The smallest absolute Gasteiger partial charge is 0.194 e. The van der Waals surface area contributed by atoms with Crippen molar-refractivity contribution in [3.05, 3.63) is 57.6 Å². The molecule has 0 bridgehead atoms. The Morgan fingerprint density at radius 3 is 2.41 bits per heavy atom. The molecular formula is C14H8Br2O. The van der Waals surface area contributed by atoms with Gasteiger partial charge in [-0.1, -0.05) is 44.0 Å². The number of ketones is 1. The molecule has 1 aliphatic carbocycles. The van der Waals surface area contributed by atoms with Crippen molar-refractivity contribution in [2.75, 3.05) is 0 Å². The van der Waals surface area contributed by atoms with Crippen molar-refractivity contribution in [3.63, 3.8) is 0 Å². The van der Waals surface area contributed by atoms with E-state index in [-0.39, 0.29) is 5.78 Å². The van der Waals surface area contributed by atoms with Gasteiger partial charge in [0.25, 0.3) is 0 Å². The molecule has 0 amide bonds. The van der Waals surface area contributed by atoms with E-state index in [9.17, 15) is 4.79 Å². The fraction of sp³-hybridized carbons (Fsp3) is 0.0714. The van der Waals surface area contributed by atoms with E-state index in [0.717, 1.165) is 37.6 Å². The molecule has 0 aliphatic heterocycles. The molecule has 17 heavy (non-hydrogen) atoms. The molecule has 0 aromatic heterocycles. The Morgan fingerprint density at radius 2 is 1.65 bits per heavy atom. The number of rotatable bonds is 1. The molecule has 0 unspecified atom stereocenters. The molecule has 0 radical (unpaired) electrons. The second-order valence-electron chi connectivity index (χ2n) is 4.03. The third-order valence-corrected chi connectivity index (χ3v) is 4.14. The summed E-state index contributed by atoms with van der Waals surface area (Å²) in [6.07, 6.45) is 0. The quantitative estimate of drug-likeness (QED) is 0.587. The normalized spacial score (nSPS) is 12.5. The lowest BCUT2D eigenvalue weighted by Gasteiger charge is -2.01.